The van der Waals surface area contributed by atoms with Gasteiger partial charge in [0.1, 0.15) is 0 Å². The number of nitrogens with two attached hydrogens (primary N) is 1. The van der Waals surface area contributed by atoms with Crippen LogP contribution in [0, 0.1) is 0 Å². The number of carbonyl (C=O) groups excluding carboxylic acids is 1. The van der Waals surface area contributed by atoms with Crippen LogP contribution < -0.4 is 16.4 Å². The zero-order valence-corrected chi connectivity index (χ0v) is 18.0. The average Bonchev–Trinajstić information content (AvgIpc) is 3.07. The number of hydrogen-bond acceptors (Lipinski definition) is 7. The summed E-state index contributed by atoms with van der Waals surface area (Å²) in [4.78, 5) is 19.7. The van der Waals surface area contributed by atoms with Crippen molar-refractivity contribution < 1.29 is 22.5 Å². The second-order valence-electron chi connectivity index (χ2n) is 5.77. The van der Waals surface area contributed by atoms with Gasteiger partial charge in [0.25, 0.3) is 10.1 Å². The molecule has 29 heavy (non-hydrogen) atoms. The van der Waals surface area contributed by atoms with Gasteiger partial charge in [0.15, 0.2) is 11.1 Å². The van der Waals surface area contributed by atoms with Crippen LogP contribution >= 0.6 is 11.3 Å². The lowest BCUT2D eigenvalue weighted by molar-refractivity contribution is -0.119. The quantitative estimate of drug-likeness (QED) is 0.216. The maximum Gasteiger partial charge on any atom is 0.261 e. The minimum absolute atomic E-state index is 0.0521. The summed E-state index contributed by atoms with van der Waals surface area (Å²) in [5.41, 5.74) is 8.64. The van der Waals surface area contributed by atoms with Gasteiger partial charge in [0.05, 0.1) is 25.1 Å². The number of guanidine groups is 1. The van der Waals surface area contributed by atoms with Crippen LogP contribution in [0.4, 0.5) is 5.13 Å². The van der Waals surface area contributed by atoms with Crippen LogP contribution in [0.25, 0.3) is 11.3 Å². The Morgan fingerprint density at radius 2 is 2.10 bits per heavy atom. The van der Waals surface area contributed by atoms with E-state index in [1.54, 1.807) is 7.11 Å². The van der Waals surface area contributed by atoms with Crippen LogP contribution in [0.3, 0.4) is 0 Å². The van der Waals surface area contributed by atoms with Gasteiger partial charge in [0, 0.05) is 31.5 Å². The Bertz CT molecular complexity index is 920. The number of aliphatic imine (C=N–C) groups is 1. The highest BCUT2D eigenvalue weighted by Crippen LogP contribution is 2.25. The van der Waals surface area contributed by atoms with E-state index >= 15 is 0 Å². The fourth-order valence-corrected chi connectivity index (χ4v) is 2.66. The predicted molar refractivity (Wildman–Crippen MR) is 115 cm³/mol. The Labute approximate surface area is 174 Å². The van der Waals surface area contributed by atoms with Gasteiger partial charge >= 0.3 is 0 Å². The Morgan fingerprint density at radius 1 is 1.41 bits per heavy atom. The molecule has 1 aromatic heterocycles. The Morgan fingerprint density at radius 3 is 2.72 bits per heavy atom. The van der Waals surface area contributed by atoms with E-state index in [1.807, 2.05) is 29.6 Å². The van der Waals surface area contributed by atoms with Gasteiger partial charge in [-0.25, -0.2) is 4.98 Å². The topological polar surface area (TPSA) is 156 Å². The Kier molecular flexibility index (Phi) is 10.2. The summed E-state index contributed by atoms with van der Waals surface area (Å²) in [5, 5.41) is 8.38. The molecule has 160 valence electrons. The fourth-order valence-electron chi connectivity index (χ4n) is 1.94. The summed E-state index contributed by atoms with van der Waals surface area (Å²) in [6.07, 6.45) is 0.715. The molecule has 2 rings (SSSR count). The van der Waals surface area contributed by atoms with Gasteiger partial charge < -0.3 is 21.1 Å². The number of carbonyl (C=O) groups is 1. The monoisotopic (exact) mass is 443 g/mol. The molecule has 2 aromatic rings. The highest BCUT2D eigenvalue weighted by atomic mass is 32.2. The smallest absolute Gasteiger partial charge is 0.261 e. The molecule has 0 spiro atoms. The van der Waals surface area contributed by atoms with E-state index in [2.05, 4.69) is 20.6 Å². The van der Waals surface area contributed by atoms with E-state index in [0.29, 0.717) is 37.0 Å². The molecule has 0 aliphatic carbocycles. The van der Waals surface area contributed by atoms with Crippen LogP contribution in [0.15, 0.2) is 34.6 Å². The zero-order valence-electron chi connectivity index (χ0n) is 16.4. The lowest BCUT2D eigenvalue weighted by atomic mass is 10.1. The van der Waals surface area contributed by atoms with Crippen LogP contribution in [0.2, 0.25) is 0 Å². The fraction of sp³-hybridized carbons (Fsp3) is 0.353. The molecule has 0 aliphatic rings. The van der Waals surface area contributed by atoms with Crippen LogP contribution in [0.1, 0.15) is 12.5 Å². The van der Waals surface area contributed by atoms with Crippen LogP contribution in [-0.2, 0) is 26.2 Å². The number of nitrogens with one attached hydrogen (secondary N) is 2. The molecule has 12 heteroatoms. The highest BCUT2D eigenvalue weighted by Gasteiger charge is 2.06. The first kappa shape index (κ1) is 24.5. The van der Waals surface area contributed by atoms with Gasteiger partial charge in [-0.2, -0.15) is 8.42 Å². The summed E-state index contributed by atoms with van der Waals surface area (Å²) in [6, 6.07) is 7.89. The Hall–Kier alpha value is -2.54. The number of thiazole rings is 1. The second-order valence-corrected chi connectivity index (χ2v) is 8.09. The number of rotatable bonds is 7. The van der Waals surface area contributed by atoms with Crippen LogP contribution in [-0.4, -0.2) is 56.3 Å². The summed E-state index contributed by atoms with van der Waals surface area (Å²) < 4.78 is 30.8. The summed E-state index contributed by atoms with van der Waals surface area (Å²) in [6.45, 7) is 3.02. The highest BCUT2D eigenvalue weighted by molar-refractivity contribution is 7.85. The van der Waals surface area contributed by atoms with E-state index in [1.165, 1.54) is 18.3 Å². The number of nitrogens with zero attached hydrogens (tertiary/aromatic N) is 2. The number of amides is 1. The number of anilines is 1. The van der Waals surface area contributed by atoms with Gasteiger partial charge in [-0.15, -0.1) is 11.3 Å². The van der Waals surface area contributed by atoms with Crippen molar-refractivity contribution in [3.05, 3.63) is 35.2 Å². The number of aromatic nitrogens is 1. The largest absolute Gasteiger partial charge is 0.383 e. The zero-order chi connectivity index (χ0) is 21.9. The van der Waals surface area contributed by atoms with Crippen molar-refractivity contribution in [1.29, 1.82) is 0 Å². The molecule has 0 bridgehead atoms. The van der Waals surface area contributed by atoms with E-state index in [0.717, 1.165) is 16.8 Å². The second kappa shape index (κ2) is 12.1. The molecule has 10 nitrogen and oxygen atoms in total. The summed E-state index contributed by atoms with van der Waals surface area (Å²) in [5.74, 6) is 0.260. The molecule has 0 saturated carbocycles. The summed E-state index contributed by atoms with van der Waals surface area (Å²) in [7, 11) is -2.05. The standard InChI is InChI=1S/C16H21N5O2S.CH4O3S/c1-11(22)19-9-12-4-3-5-13(8-12)14-10-24-16(20-14)21-15(17)18-6-7-23-2;1-5(2,3)4/h3-5,8,10H,6-7,9H2,1-2H3,(H,19,22)(H3,17,18,20,21);1H3,(H,2,3,4). The lowest BCUT2D eigenvalue weighted by Gasteiger charge is -2.04. The van der Waals surface area contributed by atoms with Crippen molar-refractivity contribution in [2.24, 2.45) is 10.7 Å². The molecule has 5 N–H and O–H groups in total. The molecular weight excluding hydrogens is 418 g/mol. The Balaban J connectivity index is 0.000000749. The van der Waals surface area contributed by atoms with E-state index in [9.17, 15) is 13.2 Å². The minimum atomic E-state index is -3.67. The van der Waals surface area contributed by atoms with Crippen molar-refractivity contribution >= 4 is 38.5 Å². The summed E-state index contributed by atoms with van der Waals surface area (Å²) >= 11 is 1.45. The van der Waals surface area contributed by atoms with Gasteiger partial charge in [-0.3, -0.25) is 14.3 Å². The molecule has 0 unspecified atom stereocenters. The first-order valence-corrected chi connectivity index (χ1v) is 11.1. The van der Waals surface area contributed by atoms with E-state index in [-0.39, 0.29) is 5.91 Å². The van der Waals surface area contributed by atoms with Gasteiger partial charge in [0.2, 0.25) is 5.91 Å². The molecule has 0 radical (unpaired) electrons. The minimum Gasteiger partial charge on any atom is -0.383 e. The van der Waals surface area contributed by atoms with Crippen molar-refractivity contribution in [2.75, 3.05) is 31.8 Å². The first-order chi connectivity index (χ1) is 13.6. The molecule has 0 atom stereocenters. The third-order valence-corrected chi connectivity index (χ3v) is 3.84. The SMILES string of the molecule is COCCN=C(N)Nc1nc(-c2cccc(CNC(C)=O)c2)cs1.CS(=O)(=O)O. The van der Waals surface area contributed by atoms with Gasteiger partial charge in [-0.05, 0) is 11.6 Å². The number of hydrogen-bond donors (Lipinski definition) is 4. The van der Waals surface area contributed by atoms with Gasteiger partial charge in [-0.1, -0.05) is 18.2 Å². The van der Waals surface area contributed by atoms with E-state index in [4.69, 9.17) is 15.0 Å². The van der Waals surface area contributed by atoms with Crippen LogP contribution in [0.5, 0.6) is 0 Å². The maximum absolute atomic E-state index is 11.0. The molecule has 0 saturated heterocycles. The normalized spacial score (nSPS) is 11.4. The number of methoxy groups -OCH3 is 1. The predicted octanol–water partition coefficient (Wildman–Crippen LogP) is 1.32. The van der Waals surface area contributed by atoms with Crippen molar-refractivity contribution in [3.8, 4) is 11.3 Å². The maximum atomic E-state index is 11.0. The third kappa shape index (κ3) is 11.8. The molecule has 0 aliphatic heterocycles. The third-order valence-electron chi connectivity index (χ3n) is 3.08. The number of benzene rings is 1. The molecule has 1 heterocycles. The first-order valence-electron chi connectivity index (χ1n) is 8.36. The van der Waals surface area contributed by atoms with Crippen molar-refractivity contribution in [3.63, 3.8) is 0 Å². The molecular formula is C17H25N5O5S2. The van der Waals surface area contributed by atoms with Crippen molar-refractivity contribution in [1.82, 2.24) is 10.3 Å². The average molecular weight is 444 g/mol. The van der Waals surface area contributed by atoms with Crippen molar-refractivity contribution in [2.45, 2.75) is 13.5 Å². The molecule has 1 amide bonds. The lowest BCUT2D eigenvalue weighted by Crippen LogP contribution is -2.23. The molecule has 0 fully saturated rings. The van der Waals surface area contributed by atoms with E-state index < -0.39 is 10.1 Å². The number of ether oxygens (including phenoxy) is 1. The molecule has 1 aromatic carbocycles.